The Bertz CT molecular complexity index is 490. The number of nitrogens with one attached hydrogen (secondary N) is 1. The van der Waals surface area contributed by atoms with Crippen LogP contribution in [0, 0.1) is 0 Å². The zero-order chi connectivity index (χ0) is 15.8. The van der Waals surface area contributed by atoms with Crippen LogP contribution in [0.15, 0.2) is 18.2 Å². The average molecular weight is 297 g/mol. The van der Waals surface area contributed by atoms with Crippen LogP contribution in [0.25, 0.3) is 0 Å². The van der Waals surface area contributed by atoms with Gasteiger partial charge >= 0.3 is 5.97 Å². The minimum Gasteiger partial charge on any atom is -0.493 e. The van der Waals surface area contributed by atoms with Crippen molar-refractivity contribution in [2.75, 3.05) is 20.8 Å². The fourth-order valence-corrected chi connectivity index (χ4v) is 1.82. The highest BCUT2D eigenvalue weighted by Crippen LogP contribution is 2.31. The summed E-state index contributed by atoms with van der Waals surface area (Å²) in [7, 11) is 2.95. The molecule has 0 aliphatic rings. The molecule has 0 bridgehead atoms. The lowest BCUT2D eigenvalue weighted by atomic mass is 10.0. The summed E-state index contributed by atoms with van der Waals surface area (Å²) in [5.74, 6) is 0.180. The summed E-state index contributed by atoms with van der Waals surface area (Å²) in [5, 5.41) is 12.5. The number of aliphatic hydroxyl groups is 1. The van der Waals surface area contributed by atoms with E-state index in [9.17, 15) is 14.7 Å². The molecule has 0 spiro atoms. The van der Waals surface area contributed by atoms with Crippen LogP contribution in [0.2, 0.25) is 0 Å². The van der Waals surface area contributed by atoms with Crippen LogP contribution in [-0.2, 0) is 14.3 Å². The number of ether oxygens (including phenoxy) is 3. The van der Waals surface area contributed by atoms with Crippen LogP contribution >= 0.6 is 0 Å². The monoisotopic (exact) mass is 297 g/mol. The van der Waals surface area contributed by atoms with E-state index in [1.165, 1.54) is 20.3 Å². The molecule has 0 saturated carbocycles. The Kier molecular flexibility index (Phi) is 6.48. The number of hydrogen-bond donors (Lipinski definition) is 2. The van der Waals surface area contributed by atoms with E-state index in [1.54, 1.807) is 19.1 Å². The molecule has 116 valence electrons. The molecule has 2 atom stereocenters. The lowest BCUT2D eigenvalue weighted by Crippen LogP contribution is -2.42. The van der Waals surface area contributed by atoms with Gasteiger partial charge in [0.25, 0.3) is 0 Å². The predicted molar refractivity (Wildman–Crippen MR) is 74.1 cm³/mol. The second kappa shape index (κ2) is 8.11. The van der Waals surface area contributed by atoms with Crippen molar-refractivity contribution in [2.45, 2.75) is 19.1 Å². The first kappa shape index (κ1) is 16.8. The Balaban J connectivity index is 3.05. The maximum Gasteiger partial charge on any atom is 0.331 e. The number of hydrogen-bond acceptors (Lipinski definition) is 6. The molecule has 7 nitrogen and oxygen atoms in total. The lowest BCUT2D eigenvalue weighted by Gasteiger charge is -2.21. The van der Waals surface area contributed by atoms with E-state index in [-0.39, 0.29) is 6.61 Å². The summed E-state index contributed by atoms with van der Waals surface area (Å²) in [4.78, 5) is 22.4. The van der Waals surface area contributed by atoms with E-state index in [1.807, 2.05) is 0 Å². The number of carbonyl (C=O) groups is 2. The molecule has 1 rings (SSSR count). The molecule has 0 radical (unpaired) electrons. The van der Waals surface area contributed by atoms with Gasteiger partial charge in [-0.15, -0.1) is 0 Å². The van der Waals surface area contributed by atoms with Gasteiger partial charge in [-0.25, -0.2) is 4.79 Å². The lowest BCUT2D eigenvalue weighted by molar-refractivity contribution is -0.149. The minimum absolute atomic E-state index is 0.147. The molecule has 1 aromatic rings. The first-order chi connectivity index (χ1) is 10.1. The van der Waals surface area contributed by atoms with Crippen molar-refractivity contribution in [2.24, 2.45) is 0 Å². The molecule has 0 aliphatic heterocycles. The van der Waals surface area contributed by atoms with Crippen molar-refractivity contribution in [3.63, 3.8) is 0 Å². The van der Waals surface area contributed by atoms with Gasteiger partial charge in [0.05, 0.1) is 20.8 Å². The molecule has 0 heterocycles. The van der Waals surface area contributed by atoms with Crippen LogP contribution in [0.4, 0.5) is 0 Å². The molecule has 21 heavy (non-hydrogen) atoms. The van der Waals surface area contributed by atoms with Crippen LogP contribution in [0.5, 0.6) is 11.5 Å². The maximum atomic E-state index is 11.8. The Hall–Kier alpha value is -2.28. The molecule has 1 amide bonds. The summed E-state index contributed by atoms with van der Waals surface area (Å²) < 4.78 is 15.1. The number of benzene rings is 1. The predicted octanol–water partition coefficient (Wildman–Crippen LogP) is 0.415. The van der Waals surface area contributed by atoms with E-state index in [2.05, 4.69) is 5.32 Å². The van der Waals surface area contributed by atoms with Gasteiger partial charge in [0, 0.05) is 0 Å². The normalized spacial score (nSPS) is 13.0. The van der Waals surface area contributed by atoms with Crippen molar-refractivity contribution >= 4 is 12.4 Å². The molecule has 1 aromatic carbocycles. The second-order valence-electron chi connectivity index (χ2n) is 4.07. The van der Waals surface area contributed by atoms with Crippen molar-refractivity contribution in [1.82, 2.24) is 5.32 Å². The standard InChI is InChI=1S/C14H19NO6/c1-4-21-14(18)12(15-8-16)13(17)9-5-6-10(19-2)11(7-9)20-3/h5-8,12-13,17H,4H2,1-3H3,(H,15,16). The van der Waals surface area contributed by atoms with Crippen LogP contribution in [-0.4, -0.2) is 44.4 Å². The number of methoxy groups -OCH3 is 2. The molecule has 0 saturated heterocycles. The summed E-state index contributed by atoms with van der Waals surface area (Å²) in [6.45, 7) is 1.78. The zero-order valence-electron chi connectivity index (χ0n) is 12.2. The quantitative estimate of drug-likeness (QED) is 0.533. The molecule has 0 aromatic heterocycles. The van der Waals surface area contributed by atoms with E-state index in [0.29, 0.717) is 23.5 Å². The first-order valence-corrected chi connectivity index (χ1v) is 6.35. The molecular weight excluding hydrogens is 278 g/mol. The Labute approximate surface area is 122 Å². The molecule has 2 N–H and O–H groups in total. The highest BCUT2D eigenvalue weighted by Gasteiger charge is 2.29. The van der Waals surface area contributed by atoms with E-state index >= 15 is 0 Å². The zero-order valence-corrected chi connectivity index (χ0v) is 12.2. The van der Waals surface area contributed by atoms with Crippen molar-refractivity contribution in [1.29, 1.82) is 0 Å². The number of rotatable bonds is 8. The smallest absolute Gasteiger partial charge is 0.331 e. The van der Waals surface area contributed by atoms with E-state index < -0.39 is 18.1 Å². The number of aliphatic hydroxyl groups excluding tert-OH is 1. The average Bonchev–Trinajstić information content (AvgIpc) is 2.51. The highest BCUT2D eigenvalue weighted by molar-refractivity contribution is 5.79. The first-order valence-electron chi connectivity index (χ1n) is 6.35. The third-order valence-corrected chi connectivity index (χ3v) is 2.85. The van der Waals surface area contributed by atoms with Gasteiger partial charge in [-0.3, -0.25) is 4.79 Å². The summed E-state index contributed by atoms with van der Waals surface area (Å²) in [6.07, 6.45) is -0.931. The van der Waals surface area contributed by atoms with Gasteiger partial charge < -0.3 is 24.6 Å². The summed E-state index contributed by atoms with van der Waals surface area (Å²) in [6, 6.07) is 3.51. The van der Waals surface area contributed by atoms with Crippen molar-refractivity contribution in [3.05, 3.63) is 23.8 Å². The van der Waals surface area contributed by atoms with Gasteiger partial charge in [-0.05, 0) is 24.6 Å². The second-order valence-corrected chi connectivity index (χ2v) is 4.07. The van der Waals surface area contributed by atoms with Gasteiger partial charge in [0.1, 0.15) is 6.10 Å². The minimum atomic E-state index is -1.27. The number of esters is 1. The fraction of sp³-hybridized carbons (Fsp3) is 0.429. The molecular formula is C14H19NO6. The summed E-state index contributed by atoms with van der Waals surface area (Å²) in [5.41, 5.74) is 0.389. The number of carbonyl (C=O) groups excluding carboxylic acids is 2. The van der Waals surface area contributed by atoms with Gasteiger partial charge in [0.2, 0.25) is 6.41 Å². The Morgan fingerprint density at radius 1 is 1.33 bits per heavy atom. The molecule has 7 heteroatoms. The van der Waals surface area contributed by atoms with Gasteiger partial charge in [-0.2, -0.15) is 0 Å². The maximum absolute atomic E-state index is 11.8. The number of amides is 1. The van der Waals surface area contributed by atoms with Gasteiger partial charge in [0.15, 0.2) is 17.5 Å². The van der Waals surface area contributed by atoms with Crippen molar-refractivity contribution < 1.29 is 28.9 Å². The highest BCUT2D eigenvalue weighted by atomic mass is 16.5. The largest absolute Gasteiger partial charge is 0.493 e. The summed E-state index contributed by atoms with van der Waals surface area (Å²) >= 11 is 0. The SMILES string of the molecule is CCOC(=O)C(NC=O)C(O)c1ccc(OC)c(OC)c1. The van der Waals surface area contributed by atoms with E-state index in [0.717, 1.165) is 0 Å². The Morgan fingerprint density at radius 2 is 2.00 bits per heavy atom. The molecule has 0 fully saturated rings. The topological polar surface area (TPSA) is 94.1 Å². The van der Waals surface area contributed by atoms with Crippen LogP contribution < -0.4 is 14.8 Å². The van der Waals surface area contributed by atoms with Gasteiger partial charge in [-0.1, -0.05) is 6.07 Å². The molecule has 0 aliphatic carbocycles. The fourth-order valence-electron chi connectivity index (χ4n) is 1.82. The van der Waals surface area contributed by atoms with Crippen LogP contribution in [0.1, 0.15) is 18.6 Å². The van der Waals surface area contributed by atoms with E-state index in [4.69, 9.17) is 14.2 Å². The van der Waals surface area contributed by atoms with Crippen molar-refractivity contribution in [3.8, 4) is 11.5 Å². The molecule has 2 unspecified atom stereocenters. The Morgan fingerprint density at radius 3 is 2.52 bits per heavy atom. The van der Waals surface area contributed by atoms with Crippen LogP contribution in [0.3, 0.4) is 0 Å². The third-order valence-electron chi connectivity index (χ3n) is 2.85. The third kappa shape index (κ3) is 4.09.